The fraction of sp³-hybridized carbons (Fsp3) is 0.0714. The minimum absolute atomic E-state index is 0.132. The van der Waals surface area contributed by atoms with Gasteiger partial charge in [-0.15, -0.1) is 0 Å². The van der Waals surface area contributed by atoms with Gasteiger partial charge in [-0.25, -0.2) is 4.39 Å². The fourth-order valence-corrected chi connectivity index (χ4v) is 1.98. The van der Waals surface area contributed by atoms with E-state index in [4.69, 9.17) is 22.5 Å². The summed E-state index contributed by atoms with van der Waals surface area (Å²) in [5, 5.41) is 15.4. The average Bonchev–Trinajstić information content (AvgIpc) is 2.45. The Morgan fingerprint density at radius 1 is 1.30 bits per heavy atom. The van der Waals surface area contributed by atoms with Gasteiger partial charge in [0, 0.05) is 22.8 Å². The number of nitrogens with two attached hydrogens (primary N) is 1. The van der Waals surface area contributed by atoms with Crippen molar-refractivity contribution >= 4 is 23.1 Å². The SMILES string of the molecule is NC(=NO)c1cc(F)ccc1CNc1cccc(Cl)c1. The molecule has 2 aromatic carbocycles. The zero-order valence-corrected chi connectivity index (χ0v) is 11.2. The number of benzene rings is 2. The van der Waals surface area contributed by atoms with Gasteiger partial charge in [0.25, 0.3) is 0 Å². The van der Waals surface area contributed by atoms with Crippen LogP contribution in [0.25, 0.3) is 0 Å². The van der Waals surface area contributed by atoms with E-state index in [1.807, 2.05) is 12.1 Å². The molecule has 2 aromatic rings. The number of anilines is 1. The third-order valence-electron chi connectivity index (χ3n) is 2.76. The van der Waals surface area contributed by atoms with Crippen molar-refractivity contribution in [2.75, 3.05) is 5.32 Å². The lowest BCUT2D eigenvalue weighted by Gasteiger charge is -2.11. The van der Waals surface area contributed by atoms with Crippen LogP contribution in [0.1, 0.15) is 11.1 Å². The number of halogens is 2. The normalized spacial score (nSPS) is 11.4. The molecule has 4 N–H and O–H groups in total. The number of nitrogens with one attached hydrogen (secondary N) is 1. The number of rotatable bonds is 4. The summed E-state index contributed by atoms with van der Waals surface area (Å²) in [5.41, 5.74) is 7.43. The van der Waals surface area contributed by atoms with Crippen LogP contribution < -0.4 is 11.1 Å². The number of oxime groups is 1. The second-order valence-corrected chi connectivity index (χ2v) is 4.59. The standard InChI is InChI=1S/C14H13ClFN3O/c15-10-2-1-3-12(6-10)18-8-9-4-5-11(16)7-13(9)14(17)19-20/h1-7,18,20H,8H2,(H2,17,19). The molecule has 0 saturated heterocycles. The third kappa shape index (κ3) is 3.39. The van der Waals surface area contributed by atoms with E-state index >= 15 is 0 Å². The minimum atomic E-state index is -0.446. The van der Waals surface area contributed by atoms with Gasteiger partial charge < -0.3 is 16.3 Å². The highest BCUT2D eigenvalue weighted by molar-refractivity contribution is 6.30. The highest BCUT2D eigenvalue weighted by Crippen LogP contribution is 2.17. The molecule has 0 radical (unpaired) electrons. The van der Waals surface area contributed by atoms with Gasteiger partial charge in [0.05, 0.1) is 0 Å². The summed E-state index contributed by atoms with van der Waals surface area (Å²) in [5.74, 6) is -0.578. The third-order valence-corrected chi connectivity index (χ3v) is 3.00. The summed E-state index contributed by atoms with van der Waals surface area (Å²) in [6.07, 6.45) is 0. The maximum atomic E-state index is 13.2. The number of hydrogen-bond donors (Lipinski definition) is 3. The quantitative estimate of drug-likeness (QED) is 0.351. The molecule has 0 amide bonds. The van der Waals surface area contributed by atoms with Crippen LogP contribution in [0.4, 0.5) is 10.1 Å². The lowest BCUT2D eigenvalue weighted by molar-refractivity contribution is 0.318. The number of amidine groups is 1. The molecule has 0 heterocycles. The van der Waals surface area contributed by atoms with Gasteiger partial charge in [0.2, 0.25) is 0 Å². The number of hydrogen-bond acceptors (Lipinski definition) is 3. The summed E-state index contributed by atoms with van der Waals surface area (Å²) < 4.78 is 13.2. The van der Waals surface area contributed by atoms with Crippen molar-refractivity contribution in [2.24, 2.45) is 10.9 Å². The molecular formula is C14H13ClFN3O. The van der Waals surface area contributed by atoms with Gasteiger partial charge in [0.15, 0.2) is 5.84 Å². The van der Waals surface area contributed by atoms with E-state index in [1.54, 1.807) is 18.2 Å². The lowest BCUT2D eigenvalue weighted by Crippen LogP contribution is -2.17. The molecule has 0 unspecified atom stereocenters. The van der Waals surface area contributed by atoms with Crippen molar-refractivity contribution < 1.29 is 9.60 Å². The monoisotopic (exact) mass is 293 g/mol. The van der Waals surface area contributed by atoms with Crippen LogP contribution in [-0.2, 0) is 6.54 Å². The van der Waals surface area contributed by atoms with Gasteiger partial charge in [-0.05, 0) is 35.9 Å². The molecule has 2 rings (SSSR count). The smallest absolute Gasteiger partial charge is 0.170 e. The molecule has 0 aliphatic carbocycles. The summed E-state index contributed by atoms with van der Waals surface area (Å²) in [6.45, 7) is 0.395. The fourth-order valence-electron chi connectivity index (χ4n) is 1.79. The highest BCUT2D eigenvalue weighted by Gasteiger charge is 2.08. The van der Waals surface area contributed by atoms with Crippen LogP contribution in [0.5, 0.6) is 0 Å². The first-order valence-electron chi connectivity index (χ1n) is 5.86. The average molecular weight is 294 g/mol. The Labute approximate surface area is 120 Å². The maximum absolute atomic E-state index is 13.2. The second-order valence-electron chi connectivity index (χ2n) is 4.15. The molecule has 6 heteroatoms. The molecule has 0 spiro atoms. The van der Waals surface area contributed by atoms with Crippen molar-refractivity contribution in [3.8, 4) is 0 Å². The first kappa shape index (κ1) is 14.1. The largest absolute Gasteiger partial charge is 0.409 e. The predicted octanol–water partition coefficient (Wildman–Crippen LogP) is 3.19. The summed E-state index contributed by atoms with van der Waals surface area (Å²) >= 11 is 5.89. The van der Waals surface area contributed by atoms with Gasteiger partial charge in [-0.3, -0.25) is 0 Å². The Hall–Kier alpha value is -2.27. The van der Waals surface area contributed by atoms with Crippen LogP contribution in [0.2, 0.25) is 5.02 Å². The van der Waals surface area contributed by atoms with E-state index in [1.165, 1.54) is 12.1 Å². The van der Waals surface area contributed by atoms with E-state index < -0.39 is 5.82 Å². The zero-order chi connectivity index (χ0) is 14.5. The topological polar surface area (TPSA) is 70.6 Å². The molecule has 0 bridgehead atoms. The maximum Gasteiger partial charge on any atom is 0.170 e. The Balaban J connectivity index is 2.21. The molecule has 0 aromatic heterocycles. The van der Waals surface area contributed by atoms with Crippen molar-refractivity contribution in [1.29, 1.82) is 0 Å². The predicted molar refractivity (Wildman–Crippen MR) is 77.7 cm³/mol. The van der Waals surface area contributed by atoms with E-state index in [-0.39, 0.29) is 5.84 Å². The molecule has 4 nitrogen and oxygen atoms in total. The van der Waals surface area contributed by atoms with E-state index in [0.717, 1.165) is 5.69 Å². The highest BCUT2D eigenvalue weighted by atomic mass is 35.5. The van der Waals surface area contributed by atoms with Crippen LogP contribution >= 0.6 is 11.6 Å². The Kier molecular flexibility index (Phi) is 4.42. The van der Waals surface area contributed by atoms with Crippen molar-refractivity contribution in [3.05, 3.63) is 64.4 Å². The minimum Gasteiger partial charge on any atom is -0.409 e. The van der Waals surface area contributed by atoms with Crippen molar-refractivity contribution in [3.63, 3.8) is 0 Å². The van der Waals surface area contributed by atoms with Gasteiger partial charge in [-0.1, -0.05) is 28.9 Å². The molecule has 0 atom stereocenters. The van der Waals surface area contributed by atoms with Crippen LogP contribution in [0.3, 0.4) is 0 Å². The molecule has 0 aliphatic heterocycles. The number of nitrogens with zero attached hydrogens (tertiary/aromatic N) is 1. The second kappa shape index (κ2) is 6.25. The molecular weight excluding hydrogens is 281 g/mol. The Morgan fingerprint density at radius 3 is 2.80 bits per heavy atom. The van der Waals surface area contributed by atoms with Gasteiger partial charge in [0.1, 0.15) is 5.82 Å². The van der Waals surface area contributed by atoms with E-state index in [0.29, 0.717) is 22.7 Å². The van der Waals surface area contributed by atoms with Crippen molar-refractivity contribution in [1.82, 2.24) is 0 Å². The lowest BCUT2D eigenvalue weighted by atomic mass is 10.1. The summed E-state index contributed by atoms with van der Waals surface area (Å²) in [7, 11) is 0. The van der Waals surface area contributed by atoms with Gasteiger partial charge >= 0.3 is 0 Å². The Morgan fingerprint density at radius 2 is 2.10 bits per heavy atom. The molecule has 104 valence electrons. The Bertz CT molecular complexity index is 646. The van der Waals surface area contributed by atoms with Crippen molar-refractivity contribution in [2.45, 2.75) is 6.54 Å². The molecule has 0 saturated carbocycles. The van der Waals surface area contributed by atoms with E-state index in [2.05, 4.69) is 10.5 Å². The van der Waals surface area contributed by atoms with Crippen LogP contribution in [0, 0.1) is 5.82 Å². The molecule has 0 aliphatic rings. The zero-order valence-electron chi connectivity index (χ0n) is 10.5. The van der Waals surface area contributed by atoms with E-state index in [9.17, 15) is 4.39 Å². The van der Waals surface area contributed by atoms with Gasteiger partial charge in [-0.2, -0.15) is 0 Å². The first-order valence-corrected chi connectivity index (χ1v) is 6.23. The molecule has 0 fully saturated rings. The molecule has 20 heavy (non-hydrogen) atoms. The first-order chi connectivity index (χ1) is 9.60. The summed E-state index contributed by atoms with van der Waals surface area (Å²) in [4.78, 5) is 0. The van der Waals surface area contributed by atoms with Crippen LogP contribution in [-0.4, -0.2) is 11.0 Å². The summed E-state index contributed by atoms with van der Waals surface area (Å²) in [6, 6.07) is 11.4. The van der Waals surface area contributed by atoms with Crippen LogP contribution in [0.15, 0.2) is 47.6 Å².